The highest BCUT2D eigenvalue weighted by molar-refractivity contribution is 5.81. The number of rotatable bonds is 5. The first-order valence-corrected chi connectivity index (χ1v) is 7.15. The highest BCUT2D eigenvalue weighted by atomic mass is 19.1. The van der Waals surface area contributed by atoms with E-state index in [2.05, 4.69) is 10.2 Å². The Morgan fingerprint density at radius 3 is 2.90 bits per heavy atom. The van der Waals surface area contributed by atoms with Crippen molar-refractivity contribution in [2.75, 3.05) is 32.8 Å². The van der Waals surface area contributed by atoms with E-state index in [0.717, 1.165) is 13.1 Å². The minimum Gasteiger partial charge on any atom is -0.387 e. The predicted octanol–water partition coefficient (Wildman–Crippen LogP) is 0.696. The Bertz CT molecular complexity index is 466. The second-order valence-electron chi connectivity index (χ2n) is 5.07. The number of carbonyl (C=O) groups excluding carboxylic acids is 1. The number of nitrogens with zero attached hydrogens (tertiary/aromatic N) is 1. The molecule has 1 aliphatic heterocycles. The lowest BCUT2D eigenvalue weighted by molar-refractivity contribution is -0.138. The second kappa shape index (κ2) is 7.49. The van der Waals surface area contributed by atoms with Crippen LogP contribution in [0.5, 0.6) is 0 Å². The van der Waals surface area contributed by atoms with Crippen molar-refractivity contribution in [3.63, 3.8) is 0 Å². The molecule has 5 nitrogen and oxygen atoms in total. The van der Waals surface area contributed by atoms with E-state index in [-0.39, 0.29) is 18.3 Å². The van der Waals surface area contributed by atoms with Gasteiger partial charge in [-0.05, 0) is 24.2 Å². The summed E-state index contributed by atoms with van der Waals surface area (Å²) in [6.45, 7) is 4.93. The van der Waals surface area contributed by atoms with Crippen LogP contribution in [-0.4, -0.2) is 54.8 Å². The number of aliphatic hydroxyl groups is 1. The Morgan fingerprint density at radius 2 is 2.24 bits per heavy atom. The van der Waals surface area contributed by atoms with Crippen LogP contribution in [0, 0.1) is 5.82 Å². The van der Waals surface area contributed by atoms with Crippen LogP contribution in [0.1, 0.15) is 18.6 Å². The summed E-state index contributed by atoms with van der Waals surface area (Å²) in [5.41, 5.74) is 0.566. The Hall–Kier alpha value is -1.50. The number of hydrogen-bond donors (Lipinski definition) is 2. The number of aliphatic hydroxyl groups excluding tert-OH is 1. The molecule has 1 amide bonds. The molecule has 2 unspecified atom stereocenters. The summed E-state index contributed by atoms with van der Waals surface area (Å²) in [5.74, 6) is -0.584. The van der Waals surface area contributed by atoms with Crippen LogP contribution in [-0.2, 0) is 9.53 Å². The van der Waals surface area contributed by atoms with Gasteiger partial charge in [0, 0.05) is 19.6 Å². The molecular weight excluding hydrogens is 275 g/mol. The van der Waals surface area contributed by atoms with Crippen LogP contribution in [0.25, 0.3) is 0 Å². The molecule has 0 aromatic heterocycles. The minimum atomic E-state index is -0.861. The van der Waals surface area contributed by atoms with E-state index in [4.69, 9.17) is 4.74 Å². The van der Waals surface area contributed by atoms with Crippen molar-refractivity contribution in [3.8, 4) is 0 Å². The highest BCUT2D eigenvalue weighted by Gasteiger charge is 2.26. The Morgan fingerprint density at radius 1 is 1.52 bits per heavy atom. The molecule has 1 aromatic carbocycles. The number of nitrogens with one attached hydrogen (secondary N) is 1. The molecule has 1 fully saturated rings. The van der Waals surface area contributed by atoms with Gasteiger partial charge in [-0.25, -0.2) is 4.39 Å². The lowest BCUT2D eigenvalue weighted by Crippen LogP contribution is -2.50. The van der Waals surface area contributed by atoms with Gasteiger partial charge < -0.3 is 15.2 Å². The average molecular weight is 296 g/mol. The van der Waals surface area contributed by atoms with Gasteiger partial charge in [-0.3, -0.25) is 9.69 Å². The lowest BCUT2D eigenvalue weighted by Gasteiger charge is -2.31. The summed E-state index contributed by atoms with van der Waals surface area (Å²) < 4.78 is 18.2. The number of ether oxygens (including phenoxy) is 1. The van der Waals surface area contributed by atoms with Gasteiger partial charge in [0.25, 0.3) is 5.91 Å². The van der Waals surface area contributed by atoms with Crippen molar-refractivity contribution in [2.45, 2.75) is 19.1 Å². The number of hydrogen-bond acceptors (Lipinski definition) is 4. The maximum Gasteiger partial charge on any atom is 0.250 e. The maximum atomic E-state index is 12.8. The smallest absolute Gasteiger partial charge is 0.250 e. The number of halogens is 1. The van der Waals surface area contributed by atoms with Gasteiger partial charge in [0.2, 0.25) is 0 Å². The molecule has 1 saturated heterocycles. The summed E-state index contributed by atoms with van der Waals surface area (Å²) in [7, 11) is 0. The van der Waals surface area contributed by atoms with Gasteiger partial charge in [-0.1, -0.05) is 19.1 Å². The molecule has 1 aromatic rings. The zero-order valence-electron chi connectivity index (χ0n) is 12.1. The fraction of sp³-hybridized carbons (Fsp3) is 0.533. The molecule has 2 atom stereocenters. The molecule has 0 aliphatic carbocycles. The van der Waals surface area contributed by atoms with Gasteiger partial charge in [0.15, 0.2) is 0 Å². The summed E-state index contributed by atoms with van der Waals surface area (Å²) in [6.07, 6.45) is -1.36. The van der Waals surface area contributed by atoms with Crippen LogP contribution in [0.2, 0.25) is 0 Å². The van der Waals surface area contributed by atoms with Crippen molar-refractivity contribution in [1.29, 1.82) is 0 Å². The molecule has 1 aliphatic rings. The fourth-order valence-corrected chi connectivity index (χ4v) is 2.26. The second-order valence-corrected chi connectivity index (χ2v) is 5.07. The predicted molar refractivity (Wildman–Crippen MR) is 76.2 cm³/mol. The molecule has 2 rings (SSSR count). The van der Waals surface area contributed by atoms with Crippen molar-refractivity contribution in [1.82, 2.24) is 10.2 Å². The van der Waals surface area contributed by atoms with Gasteiger partial charge in [0.1, 0.15) is 11.9 Å². The van der Waals surface area contributed by atoms with E-state index in [1.807, 2.05) is 6.92 Å². The Balaban J connectivity index is 1.81. The van der Waals surface area contributed by atoms with E-state index < -0.39 is 12.2 Å². The normalized spacial score (nSPS) is 21.0. The summed E-state index contributed by atoms with van der Waals surface area (Å²) in [6, 6.07) is 5.57. The van der Waals surface area contributed by atoms with Crippen LogP contribution in [0.3, 0.4) is 0 Å². The first kappa shape index (κ1) is 15.9. The molecular formula is C15H21FN2O3. The van der Waals surface area contributed by atoms with E-state index in [0.29, 0.717) is 18.7 Å². The number of carbonyl (C=O) groups is 1. The highest BCUT2D eigenvalue weighted by Crippen LogP contribution is 2.13. The third-order valence-electron chi connectivity index (χ3n) is 3.61. The van der Waals surface area contributed by atoms with Crippen molar-refractivity contribution in [2.24, 2.45) is 0 Å². The van der Waals surface area contributed by atoms with Crippen LogP contribution >= 0.6 is 0 Å². The van der Waals surface area contributed by atoms with E-state index in [9.17, 15) is 14.3 Å². The third-order valence-corrected chi connectivity index (χ3v) is 3.61. The lowest BCUT2D eigenvalue weighted by atomic mass is 10.1. The molecule has 116 valence electrons. The van der Waals surface area contributed by atoms with Gasteiger partial charge in [-0.15, -0.1) is 0 Å². The molecule has 0 spiro atoms. The fourth-order valence-electron chi connectivity index (χ4n) is 2.26. The van der Waals surface area contributed by atoms with Crippen LogP contribution < -0.4 is 5.32 Å². The number of benzene rings is 1. The molecule has 0 radical (unpaired) electrons. The summed E-state index contributed by atoms with van der Waals surface area (Å²) in [4.78, 5) is 14.2. The van der Waals surface area contributed by atoms with E-state index in [1.165, 1.54) is 24.3 Å². The van der Waals surface area contributed by atoms with Crippen molar-refractivity contribution < 1.29 is 19.0 Å². The monoisotopic (exact) mass is 296 g/mol. The molecule has 1 heterocycles. The Labute approximate surface area is 123 Å². The number of morpholine rings is 1. The average Bonchev–Trinajstić information content (AvgIpc) is 2.53. The SMILES string of the molecule is CCN1CCOC(C(=O)NCC(O)c2ccc(F)cc2)C1. The van der Waals surface area contributed by atoms with E-state index in [1.54, 1.807) is 0 Å². The zero-order valence-corrected chi connectivity index (χ0v) is 12.1. The zero-order chi connectivity index (χ0) is 15.2. The first-order valence-electron chi connectivity index (χ1n) is 7.15. The third kappa shape index (κ3) is 4.49. The van der Waals surface area contributed by atoms with Gasteiger partial charge in [0.05, 0.1) is 12.7 Å². The molecule has 6 heteroatoms. The van der Waals surface area contributed by atoms with Crippen molar-refractivity contribution in [3.05, 3.63) is 35.6 Å². The standard InChI is InChI=1S/C15H21FN2O3/c1-2-18-7-8-21-14(10-18)15(20)17-9-13(19)11-3-5-12(16)6-4-11/h3-6,13-14,19H,2,7-10H2,1H3,(H,17,20). The molecule has 2 N–H and O–H groups in total. The minimum absolute atomic E-state index is 0.0798. The van der Waals surface area contributed by atoms with Crippen LogP contribution in [0.4, 0.5) is 4.39 Å². The van der Waals surface area contributed by atoms with Gasteiger partial charge in [-0.2, -0.15) is 0 Å². The first-order chi connectivity index (χ1) is 10.1. The number of likely N-dealkylation sites (N-methyl/N-ethyl adjacent to an activating group) is 1. The van der Waals surface area contributed by atoms with Crippen molar-refractivity contribution >= 4 is 5.91 Å². The molecule has 0 saturated carbocycles. The van der Waals surface area contributed by atoms with Crippen LogP contribution in [0.15, 0.2) is 24.3 Å². The van der Waals surface area contributed by atoms with E-state index >= 15 is 0 Å². The largest absolute Gasteiger partial charge is 0.387 e. The van der Waals surface area contributed by atoms with Gasteiger partial charge >= 0.3 is 0 Å². The summed E-state index contributed by atoms with van der Waals surface area (Å²) >= 11 is 0. The summed E-state index contributed by atoms with van der Waals surface area (Å²) in [5, 5.41) is 12.6. The molecule has 21 heavy (non-hydrogen) atoms. The number of amides is 1. The maximum absolute atomic E-state index is 12.8. The molecule has 0 bridgehead atoms. The topological polar surface area (TPSA) is 61.8 Å². The quantitative estimate of drug-likeness (QED) is 0.839. The Kier molecular flexibility index (Phi) is 5.67.